The number of rotatable bonds is 11. The van der Waals surface area contributed by atoms with Crippen molar-refractivity contribution in [2.45, 2.75) is 59.3 Å². The number of benzene rings is 3. The summed E-state index contributed by atoms with van der Waals surface area (Å²) < 4.78 is 27.7. The summed E-state index contributed by atoms with van der Waals surface area (Å²) in [7, 11) is 0. The van der Waals surface area contributed by atoms with Crippen molar-refractivity contribution in [3.8, 4) is 11.5 Å². The van der Waals surface area contributed by atoms with E-state index in [9.17, 15) is 9.59 Å². The molecule has 2 fully saturated rings. The predicted octanol–water partition coefficient (Wildman–Crippen LogP) is 6.96. The zero-order valence-corrected chi connectivity index (χ0v) is 31.9. The molecule has 0 saturated carbocycles. The Morgan fingerprint density at radius 2 is 1.63 bits per heavy atom. The van der Waals surface area contributed by atoms with Crippen LogP contribution < -0.4 is 18.9 Å². The molecular weight excluding hydrogens is 703 g/mol. The largest absolute Gasteiger partial charge is 0.492 e. The standard InChI is InChI=1S/C40H46Cl2N4O6/c1-26(2)39(48)52-37-27(3)21-30(22-28(37)4)24-46-14-13-43-38(46)35(40(50-19-6-20-51-40)34-12-7-31(41)23-36(34)42)25-49-33-10-8-32(9-11-33)45-17-15-44(16-18-45)29(5)47/h7-14,21-23,26,35H,6,15-20,24-25H2,1-5H3/p+1. The number of nitrogens with zero attached hydrogens (tertiary/aromatic N) is 3. The van der Waals surface area contributed by atoms with Crippen LogP contribution >= 0.6 is 23.2 Å². The maximum Gasteiger partial charge on any atom is 0.313 e. The first-order valence-electron chi connectivity index (χ1n) is 17.8. The third-order valence-corrected chi connectivity index (χ3v) is 10.3. The van der Waals surface area contributed by atoms with Crippen LogP contribution in [-0.4, -0.2) is 67.8 Å². The summed E-state index contributed by atoms with van der Waals surface area (Å²) in [5.74, 6) is -0.0641. The second-order valence-corrected chi connectivity index (χ2v) is 14.6. The molecule has 0 radical (unpaired) electrons. The summed E-state index contributed by atoms with van der Waals surface area (Å²) in [6.45, 7) is 13.8. The summed E-state index contributed by atoms with van der Waals surface area (Å²) in [4.78, 5) is 31.8. The van der Waals surface area contributed by atoms with Gasteiger partial charge in [-0.1, -0.05) is 43.1 Å². The van der Waals surface area contributed by atoms with Gasteiger partial charge in [0.1, 0.15) is 37.0 Å². The SMILES string of the molecule is CC(=O)N1CCN(c2ccc(OCC(c3[nH]cc[n+]3Cc3cc(C)c(OC(=O)C(C)C)c(C)c3)C3(c4ccc(Cl)cc4Cl)OCCCO3)cc2)CC1. The number of nitrogens with one attached hydrogen (secondary N) is 1. The molecule has 0 aliphatic carbocycles. The topological polar surface area (TPSA) is 97.2 Å². The molecule has 0 spiro atoms. The van der Waals surface area contributed by atoms with Gasteiger partial charge in [-0.15, -0.1) is 0 Å². The van der Waals surface area contributed by atoms with Gasteiger partial charge in [0, 0.05) is 49.4 Å². The number of esters is 1. The summed E-state index contributed by atoms with van der Waals surface area (Å²) in [5.41, 5.74) is 4.54. The summed E-state index contributed by atoms with van der Waals surface area (Å²) in [6, 6.07) is 17.5. The Bertz CT molecular complexity index is 1860. The molecule has 2 aliphatic rings. The molecule has 1 aromatic heterocycles. The number of imidazole rings is 1. The van der Waals surface area contributed by atoms with Crippen LogP contribution in [0, 0.1) is 19.8 Å². The molecule has 2 saturated heterocycles. The number of aryl methyl sites for hydroxylation is 2. The maximum atomic E-state index is 12.4. The Balaban J connectivity index is 1.31. The van der Waals surface area contributed by atoms with Gasteiger partial charge in [0.25, 0.3) is 5.82 Å². The van der Waals surface area contributed by atoms with E-state index in [2.05, 4.69) is 26.6 Å². The first kappa shape index (κ1) is 37.7. The molecule has 1 atom stereocenters. The van der Waals surface area contributed by atoms with Crippen molar-refractivity contribution in [3.63, 3.8) is 0 Å². The first-order chi connectivity index (χ1) is 24.9. The monoisotopic (exact) mass is 749 g/mol. The van der Waals surface area contributed by atoms with Gasteiger partial charge in [0.15, 0.2) is 5.92 Å². The number of amides is 1. The van der Waals surface area contributed by atoms with E-state index in [-0.39, 0.29) is 24.4 Å². The van der Waals surface area contributed by atoms with E-state index in [1.165, 1.54) is 0 Å². The lowest BCUT2D eigenvalue weighted by molar-refractivity contribution is -0.697. The lowest BCUT2D eigenvalue weighted by atomic mass is 9.89. The van der Waals surface area contributed by atoms with Gasteiger partial charge in [-0.05, 0) is 85.5 Å². The Hall–Kier alpha value is -4.09. The predicted molar refractivity (Wildman–Crippen MR) is 200 cm³/mol. The highest BCUT2D eigenvalue weighted by Gasteiger charge is 2.51. The quantitative estimate of drug-likeness (QED) is 0.101. The van der Waals surface area contributed by atoms with Crippen LogP contribution in [0.2, 0.25) is 10.0 Å². The van der Waals surface area contributed by atoms with Crippen LogP contribution in [-0.2, 0) is 31.4 Å². The third-order valence-electron chi connectivity index (χ3n) is 9.70. The highest BCUT2D eigenvalue weighted by atomic mass is 35.5. The van der Waals surface area contributed by atoms with Crippen LogP contribution in [0.15, 0.2) is 67.0 Å². The van der Waals surface area contributed by atoms with Crippen LogP contribution in [0.5, 0.6) is 11.5 Å². The molecule has 2 aliphatic heterocycles. The minimum atomic E-state index is -1.29. The first-order valence-corrected chi connectivity index (χ1v) is 18.6. The number of carbonyl (C=O) groups excluding carboxylic acids is 2. The fourth-order valence-corrected chi connectivity index (χ4v) is 7.51. The van der Waals surface area contributed by atoms with Gasteiger partial charge in [0.05, 0.1) is 24.2 Å². The number of hydrogen-bond donors (Lipinski definition) is 1. The van der Waals surface area contributed by atoms with Gasteiger partial charge in [-0.25, -0.2) is 9.55 Å². The Morgan fingerprint density at radius 3 is 2.25 bits per heavy atom. The zero-order valence-electron chi connectivity index (χ0n) is 30.4. The number of hydrogen-bond acceptors (Lipinski definition) is 7. The van der Waals surface area contributed by atoms with Crippen LogP contribution in [0.3, 0.4) is 0 Å². The van der Waals surface area contributed by atoms with E-state index in [1.807, 2.05) is 75.3 Å². The zero-order chi connectivity index (χ0) is 37.0. The molecule has 3 heterocycles. The van der Waals surface area contributed by atoms with Crippen molar-refractivity contribution in [2.24, 2.45) is 5.92 Å². The number of carbonyl (C=O) groups is 2. The van der Waals surface area contributed by atoms with Crippen LogP contribution in [0.1, 0.15) is 61.2 Å². The molecule has 1 amide bonds. The van der Waals surface area contributed by atoms with Crippen molar-refractivity contribution in [1.82, 2.24) is 9.88 Å². The van der Waals surface area contributed by atoms with E-state index in [1.54, 1.807) is 19.1 Å². The van der Waals surface area contributed by atoms with Gasteiger partial charge >= 0.3 is 5.97 Å². The fraction of sp³-hybridized carbons (Fsp3) is 0.425. The van der Waals surface area contributed by atoms with Crippen LogP contribution in [0.4, 0.5) is 5.69 Å². The number of aromatic amines is 1. The molecule has 1 N–H and O–H groups in total. The lowest BCUT2D eigenvalue weighted by Crippen LogP contribution is -2.50. The normalized spacial score (nSPS) is 16.5. The number of piperazine rings is 1. The van der Waals surface area contributed by atoms with Crippen molar-refractivity contribution in [1.29, 1.82) is 0 Å². The maximum absolute atomic E-state index is 12.4. The van der Waals surface area contributed by atoms with E-state index >= 15 is 0 Å². The lowest BCUT2D eigenvalue weighted by Gasteiger charge is -2.41. The molecule has 6 rings (SSSR count). The Kier molecular flexibility index (Phi) is 11.8. The van der Waals surface area contributed by atoms with Gasteiger partial charge in [-0.3, -0.25) is 9.59 Å². The molecule has 276 valence electrons. The fourth-order valence-electron chi connectivity index (χ4n) is 6.97. The van der Waals surface area contributed by atoms with E-state index < -0.39 is 11.7 Å². The molecule has 3 aromatic carbocycles. The number of halogens is 2. The smallest absolute Gasteiger partial charge is 0.313 e. The molecule has 1 unspecified atom stereocenters. The molecule has 4 aromatic rings. The van der Waals surface area contributed by atoms with E-state index in [0.29, 0.717) is 60.0 Å². The number of ether oxygens (including phenoxy) is 4. The molecule has 10 nitrogen and oxygen atoms in total. The average molecular weight is 751 g/mol. The molecule has 0 bridgehead atoms. The summed E-state index contributed by atoms with van der Waals surface area (Å²) in [5, 5.41) is 0.947. The van der Waals surface area contributed by atoms with Gasteiger partial charge in [0.2, 0.25) is 11.7 Å². The van der Waals surface area contributed by atoms with Crippen molar-refractivity contribution in [2.75, 3.05) is 50.9 Å². The van der Waals surface area contributed by atoms with Crippen LogP contribution in [0.25, 0.3) is 0 Å². The van der Waals surface area contributed by atoms with Crippen molar-refractivity contribution >= 4 is 40.8 Å². The minimum Gasteiger partial charge on any atom is -0.492 e. The Morgan fingerprint density at radius 1 is 0.962 bits per heavy atom. The average Bonchev–Trinajstić information content (AvgIpc) is 3.57. The van der Waals surface area contributed by atoms with E-state index in [0.717, 1.165) is 47.7 Å². The van der Waals surface area contributed by atoms with Gasteiger partial charge < -0.3 is 28.7 Å². The van der Waals surface area contributed by atoms with Gasteiger partial charge in [-0.2, -0.15) is 0 Å². The Labute approximate surface area is 315 Å². The third kappa shape index (κ3) is 8.26. The van der Waals surface area contributed by atoms with E-state index in [4.69, 9.17) is 42.1 Å². The second kappa shape index (κ2) is 16.3. The summed E-state index contributed by atoms with van der Waals surface area (Å²) >= 11 is 13.3. The number of H-pyrrole nitrogens is 1. The molecular formula is C40H47Cl2N4O6+. The highest BCUT2D eigenvalue weighted by Crippen LogP contribution is 2.46. The second-order valence-electron chi connectivity index (χ2n) is 13.8. The number of aromatic nitrogens is 2. The molecule has 52 heavy (non-hydrogen) atoms. The minimum absolute atomic E-state index is 0.109. The van der Waals surface area contributed by atoms with Crippen molar-refractivity contribution in [3.05, 3.63) is 105 Å². The highest BCUT2D eigenvalue weighted by molar-refractivity contribution is 6.35. The van der Waals surface area contributed by atoms with Crippen molar-refractivity contribution < 1.29 is 33.1 Å². The number of anilines is 1. The summed E-state index contributed by atoms with van der Waals surface area (Å²) in [6.07, 6.45) is 4.61. The molecule has 12 heteroatoms.